The number of phenols is 2. The molecule has 1 aromatic rings. The van der Waals surface area contributed by atoms with Crippen LogP contribution in [0.4, 0.5) is 0 Å². The summed E-state index contributed by atoms with van der Waals surface area (Å²) in [4.78, 5) is 12.6. The molecule has 0 radical (unpaired) electrons. The molecule has 0 unspecified atom stereocenters. The molecule has 0 aromatic heterocycles. The normalized spacial score (nSPS) is 17.0. The highest BCUT2D eigenvalue weighted by molar-refractivity contribution is 5.71. The smallest absolute Gasteiger partial charge is 0.309 e. The number of carboxylic acid groups (broad SMARTS) is 1. The first-order chi connectivity index (χ1) is 7.56. The van der Waals surface area contributed by atoms with Crippen LogP contribution in [0.1, 0.15) is 5.56 Å². The average molecular weight is 223 g/mol. The Morgan fingerprint density at radius 1 is 1.31 bits per heavy atom. The molecule has 1 aliphatic heterocycles. The van der Waals surface area contributed by atoms with Crippen molar-refractivity contribution in [3.05, 3.63) is 23.8 Å². The molecule has 86 valence electrons. The topological polar surface area (TPSA) is 81.0 Å². The van der Waals surface area contributed by atoms with E-state index in [0.29, 0.717) is 19.6 Å². The molecule has 0 atom stereocenters. The van der Waals surface area contributed by atoms with Crippen LogP contribution in [0, 0.1) is 5.92 Å². The maximum atomic E-state index is 10.6. The highest BCUT2D eigenvalue weighted by Gasteiger charge is 2.32. The number of nitrogens with zero attached hydrogens (tertiary/aromatic N) is 1. The maximum Gasteiger partial charge on any atom is 0.309 e. The summed E-state index contributed by atoms with van der Waals surface area (Å²) in [5.41, 5.74) is 0.860. The first-order valence-corrected chi connectivity index (χ1v) is 5.02. The van der Waals surface area contributed by atoms with Crippen LogP contribution < -0.4 is 0 Å². The quantitative estimate of drug-likeness (QED) is 0.654. The number of hydrogen-bond donors (Lipinski definition) is 3. The molecule has 0 bridgehead atoms. The Kier molecular flexibility index (Phi) is 2.70. The second-order valence-corrected chi connectivity index (χ2v) is 4.05. The van der Waals surface area contributed by atoms with E-state index < -0.39 is 5.97 Å². The minimum atomic E-state index is -0.759. The summed E-state index contributed by atoms with van der Waals surface area (Å²) in [6.45, 7) is 1.67. The molecular formula is C11H13NO4. The fraction of sp³-hybridized carbons (Fsp3) is 0.364. The molecule has 3 N–H and O–H groups in total. The predicted octanol–water partition coefficient (Wildman–Crippen LogP) is 0.614. The molecule has 0 aliphatic carbocycles. The van der Waals surface area contributed by atoms with Gasteiger partial charge in [-0.05, 0) is 17.7 Å². The summed E-state index contributed by atoms with van der Waals surface area (Å²) < 4.78 is 0. The standard InChI is InChI=1S/C11H13NO4/c13-9-2-1-7(3-10(9)14)4-12-5-8(6-12)11(15)16/h1-3,8,13-14H,4-6H2,(H,15,16). The molecule has 5 nitrogen and oxygen atoms in total. The van der Waals surface area contributed by atoms with Crippen LogP contribution in [-0.4, -0.2) is 39.3 Å². The van der Waals surface area contributed by atoms with Crippen LogP contribution >= 0.6 is 0 Å². The van der Waals surface area contributed by atoms with E-state index in [1.807, 2.05) is 4.90 Å². The molecule has 1 saturated heterocycles. The summed E-state index contributed by atoms with van der Waals surface area (Å²) in [6.07, 6.45) is 0. The van der Waals surface area contributed by atoms with Gasteiger partial charge >= 0.3 is 5.97 Å². The van der Waals surface area contributed by atoms with Gasteiger partial charge in [0.25, 0.3) is 0 Å². The van der Waals surface area contributed by atoms with Crippen molar-refractivity contribution in [2.75, 3.05) is 13.1 Å². The van der Waals surface area contributed by atoms with Crippen molar-refractivity contribution >= 4 is 5.97 Å². The van der Waals surface area contributed by atoms with Gasteiger partial charge in [0.1, 0.15) is 0 Å². The Balaban J connectivity index is 1.91. The van der Waals surface area contributed by atoms with Crippen LogP contribution in [0.25, 0.3) is 0 Å². The van der Waals surface area contributed by atoms with Crippen molar-refractivity contribution in [2.45, 2.75) is 6.54 Å². The lowest BCUT2D eigenvalue weighted by molar-refractivity contribution is -0.147. The molecule has 0 spiro atoms. The number of carbonyl (C=O) groups is 1. The number of hydrogen-bond acceptors (Lipinski definition) is 4. The van der Waals surface area contributed by atoms with Crippen molar-refractivity contribution in [1.29, 1.82) is 0 Å². The molecule has 0 saturated carbocycles. The van der Waals surface area contributed by atoms with Crippen LogP contribution in [0.3, 0.4) is 0 Å². The predicted molar refractivity (Wildman–Crippen MR) is 56.2 cm³/mol. The van der Waals surface area contributed by atoms with Gasteiger partial charge in [-0.3, -0.25) is 9.69 Å². The second-order valence-electron chi connectivity index (χ2n) is 4.05. The van der Waals surface area contributed by atoms with E-state index in [4.69, 9.17) is 10.2 Å². The van der Waals surface area contributed by atoms with E-state index in [-0.39, 0.29) is 17.4 Å². The largest absolute Gasteiger partial charge is 0.504 e. The zero-order valence-electron chi connectivity index (χ0n) is 8.63. The van der Waals surface area contributed by atoms with Gasteiger partial charge in [-0.2, -0.15) is 0 Å². The van der Waals surface area contributed by atoms with Crippen molar-refractivity contribution in [3.8, 4) is 11.5 Å². The Morgan fingerprint density at radius 3 is 2.56 bits per heavy atom. The monoisotopic (exact) mass is 223 g/mol. The van der Waals surface area contributed by atoms with Gasteiger partial charge in [0.15, 0.2) is 11.5 Å². The van der Waals surface area contributed by atoms with Gasteiger partial charge in [-0.15, -0.1) is 0 Å². The van der Waals surface area contributed by atoms with Crippen molar-refractivity contribution < 1.29 is 20.1 Å². The van der Waals surface area contributed by atoms with Gasteiger partial charge in [0, 0.05) is 19.6 Å². The molecular weight excluding hydrogens is 210 g/mol. The van der Waals surface area contributed by atoms with Crippen molar-refractivity contribution in [3.63, 3.8) is 0 Å². The van der Waals surface area contributed by atoms with Gasteiger partial charge in [0.2, 0.25) is 0 Å². The number of phenolic OH excluding ortho intramolecular Hbond substituents is 2. The minimum Gasteiger partial charge on any atom is -0.504 e. The molecule has 16 heavy (non-hydrogen) atoms. The maximum absolute atomic E-state index is 10.6. The lowest BCUT2D eigenvalue weighted by Crippen LogP contribution is -2.49. The third-order valence-electron chi connectivity index (χ3n) is 2.75. The zero-order chi connectivity index (χ0) is 11.7. The van der Waals surface area contributed by atoms with Gasteiger partial charge in [-0.25, -0.2) is 0 Å². The molecule has 1 heterocycles. The minimum absolute atomic E-state index is 0.143. The summed E-state index contributed by atoms with van der Waals surface area (Å²) in [7, 11) is 0. The van der Waals surface area contributed by atoms with E-state index >= 15 is 0 Å². The fourth-order valence-corrected chi connectivity index (χ4v) is 1.78. The number of carboxylic acids is 1. The Labute approximate surface area is 92.6 Å². The van der Waals surface area contributed by atoms with E-state index in [1.165, 1.54) is 12.1 Å². The molecule has 1 aliphatic rings. The molecule has 1 fully saturated rings. The van der Waals surface area contributed by atoms with Crippen molar-refractivity contribution in [1.82, 2.24) is 4.90 Å². The summed E-state index contributed by atoms with van der Waals surface area (Å²) in [5, 5.41) is 27.1. The third kappa shape index (κ3) is 2.09. The molecule has 0 amide bonds. The van der Waals surface area contributed by atoms with Gasteiger partial charge in [-0.1, -0.05) is 6.07 Å². The van der Waals surface area contributed by atoms with Gasteiger partial charge in [0.05, 0.1) is 5.92 Å². The molecule has 2 rings (SSSR count). The summed E-state index contributed by atoms with van der Waals surface area (Å²) in [6, 6.07) is 4.63. The number of benzene rings is 1. The second kappa shape index (κ2) is 4.02. The van der Waals surface area contributed by atoms with Crippen LogP contribution in [-0.2, 0) is 11.3 Å². The lowest BCUT2D eigenvalue weighted by atomic mass is 9.99. The average Bonchev–Trinajstić information content (AvgIpc) is 2.15. The van der Waals surface area contributed by atoms with E-state index in [0.717, 1.165) is 5.56 Å². The highest BCUT2D eigenvalue weighted by Crippen LogP contribution is 2.27. The third-order valence-corrected chi connectivity index (χ3v) is 2.75. The Hall–Kier alpha value is -1.75. The molecule has 1 aromatic carbocycles. The van der Waals surface area contributed by atoms with E-state index in [9.17, 15) is 9.90 Å². The Morgan fingerprint density at radius 2 is 2.00 bits per heavy atom. The highest BCUT2D eigenvalue weighted by atomic mass is 16.4. The summed E-state index contributed by atoms with van der Waals surface area (Å²) in [5.74, 6) is -1.32. The van der Waals surface area contributed by atoms with Crippen LogP contribution in [0.5, 0.6) is 11.5 Å². The number of aliphatic carboxylic acids is 1. The number of aromatic hydroxyl groups is 2. The summed E-state index contributed by atoms with van der Waals surface area (Å²) >= 11 is 0. The van der Waals surface area contributed by atoms with Crippen molar-refractivity contribution in [2.24, 2.45) is 5.92 Å². The lowest BCUT2D eigenvalue weighted by Gasteiger charge is -2.36. The number of rotatable bonds is 3. The molecule has 5 heteroatoms. The van der Waals surface area contributed by atoms with Gasteiger partial charge < -0.3 is 15.3 Å². The Bertz CT molecular complexity index is 412. The van der Waals surface area contributed by atoms with Crippen LogP contribution in [0.15, 0.2) is 18.2 Å². The first-order valence-electron chi connectivity index (χ1n) is 5.02. The zero-order valence-corrected chi connectivity index (χ0v) is 8.63. The van der Waals surface area contributed by atoms with E-state index in [1.54, 1.807) is 6.07 Å². The SMILES string of the molecule is O=C(O)C1CN(Cc2ccc(O)c(O)c2)C1. The van der Waals surface area contributed by atoms with Crippen LogP contribution in [0.2, 0.25) is 0 Å². The number of likely N-dealkylation sites (tertiary alicyclic amines) is 1. The van der Waals surface area contributed by atoms with E-state index in [2.05, 4.69) is 0 Å². The fourth-order valence-electron chi connectivity index (χ4n) is 1.78. The first kappa shape index (κ1) is 10.8.